The molecule has 3 N–H and O–H groups in total. The van der Waals surface area contributed by atoms with E-state index in [1.807, 2.05) is 49.4 Å². The van der Waals surface area contributed by atoms with Crippen molar-refractivity contribution < 1.29 is 8.42 Å². The summed E-state index contributed by atoms with van der Waals surface area (Å²) in [6.07, 6.45) is 2.88. The molecule has 2 heterocycles. The largest absolute Gasteiger partial charge is 0.398 e. The van der Waals surface area contributed by atoms with E-state index in [9.17, 15) is 13.2 Å². The molecule has 34 heavy (non-hydrogen) atoms. The van der Waals surface area contributed by atoms with E-state index in [-0.39, 0.29) is 5.56 Å². The van der Waals surface area contributed by atoms with Crippen LogP contribution in [-0.4, -0.2) is 24.2 Å². The second kappa shape index (κ2) is 8.00. The number of pyridine rings is 2. The molecule has 0 fully saturated rings. The number of hydrogen-bond acceptors (Lipinski definition) is 5. The second-order valence-corrected chi connectivity index (χ2v) is 10.0. The fourth-order valence-corrected chi connectivity index (χ4v) is 4.62. The molecule has 0 amide bonds. The number of nitrogens with zero attached hydrogens (tertiary/aromatic N) is 2. The third kappa shape index (κ3) is 3.99. The number of aryl methyl sites for hydroxylation is 1. The number of nitrogens with one attached hydrogen (secondary N) is 1. The van der Waals surface area contributed by atoms with Crippen molar-refractivity contribution in [3.8, 4) is 16.8 Å². The third-order valence-electron chi connectivity index (χ3n) is 5.76. The smallest absolute Gasteiger partial charge is 0.255 e. The van der Waals surface area contributed by atoms with Crippen molar-refractivity contribution in [2.45, 2.75) is 6.92 Å². The van der Waals surface area contributed by atoms with Crippen LogP contribution in [0.3, 0.4) is 0 Å². The summed E-state index contributed by atoms with van der Waals surface area (Å²) in [5.74, 6) is 0. The van der Waals surface area contributed by atoms with Crippen LogP contribution in [0.15, 0.2) is 83.8 Å². The first-order valence-electron chi connectivity index (χ1n) is 10.6. The van der Waals surface area contributed by atoms with Gasteiger partial charge in [-0.15, -0.1) is 0 Å². The summed E-state index contributed by atoms with van der Waals surface area (Å²) in [6, 6.07) is 21.9. The minimum Gasteiger partial charge on any atom is -0.398 e. The van der Waals surface area contributed by atoms with E-state index in [1.165, 1.54) is 6.07 Å². The molecule has 0 aliphatic rings. The first-order chi connectivity index (χ1) is 16.2. The van der Waals surface area contributed by atoms with Gasteiger partial charge in [-0.25, -0.2) is 8.42 Å². The molecular weight excluding hydrogens is 448 g/mol. The van der Waals surface area contributed by atoms with Crippen molar-refractivity contribution in [3.63, 3.8) is 0 Å². The van der Waals surface area contributed by atoms with Crippen LogP contribution in [0.2, 0.25) is 0 Å². The summed E-state index contributed by atoms with van der Waals surface area (Å²) in [5.41, 5.74) is 12.0. The minimum atomic E-state index is -3.35. The van der Waals surface area contributed by atoms with Crippen LogP contribution >= 0.6 is 0 Å². The Hall–Kier alpha value is -4.17. The average Bonchev–Trinajstić information content (AvgIpc) is 2.80. The molecule has 8 heteroatoms. The summed E-state index contributed by atoms with van der Waals surface area (Å²) in [4.78, 5) is 17.6. The Morgan fingerprint density at radius 1 is 0.912 bits per heavy atom. The van der Waals surface area contributed by atoms with E-state index in [2.05, 4.69) is 9.71 Å². The molecule has 3 aromatic carbocycles. The Balaban J connectivity index is 1.73. The van der Waals surface area contributed by atoms with Crippen LogP contribution in [-0.2, 0) is 10.0 Å². The summed E-state index contributed by atoms with van der Waals surface area (Å²) in [5, 5.41) is 1.65. The SMILES string of the molecule is Cc1ccc(-n2c(=O)ccc3cnc4ccc(-c5ccc(NS(C)(=O)=O)cc5)cc4c32)cc1N. The second-order valence-electron chi connectivity index (χ2n) is 8.29. The molecule has 5 rings (SSSR count). The van der Waals surface area contributed by atoms with E-state index in [4.69, 9.17) is 5.73 Å². The monoisotopic (exact) mass is 470 g/mol. The van der Waals surface area contributed by atoms with Gasteiger partial charge in [-0.3, -0.25) is 19.1 Å². The molecule has 0 saturated heterocycles. The van der Waals surface area contributed by atoms with E-state index >= 15 is 0 Å². The van der Waals surface area contributed by atoms with Gasteiger partial charge < -0.3 is 5.73 Å². The first-order valence-corrected chi connectivity index (χ1v) is 12.5. The Morgan fingerprint density at radius 2 is 1.65 bits per heavy atom. The maximum absolute atomic E-state index is 13.0. The number of aromatic nitrogens is 2. The van der Waals surface area contributed by atoms with Crippen LogP contribution < -0.4 is 16.0 Å². The molecule has 0 unspecified atom stereocenters. The van der Waals surface area contributed by atoms with Gasteiger partial charge >= 0.3 is 0 Å². The Kier molecular flexibility index (Phi) is 5.10. The number of rotatable bonds is 4. The van der Waals surface area contributed by atoms with Crippen LogP contribution in [0.4, 0.5) is 11.4 Å². The fraction of sp³-hybridized carbons (Fsp3) is 0.0769. The highest BCUT2D eigenvalue weighted by molar-refractivity contribution is 7.92. The summed E-state index contributed by atoms with van der Waals surface area (Å²) in [6.45, 7) is 1.92. The van der Waals surface area contributed by atoms with Gasteiger partial charge in [-0.05, 0) is 66.1 Å². The van der Waals surface area contributed by atoms with E-state index in [0.29, 0.717) is 17.1 Å². The molecule has 170 valence electrons. The molecule has 0 spiro atoms. The molecule has 0 radical (unpaired) electrons. The number of sulfonamides is 1. The standard InChI is InChI=1S/C26H22N4O3S/c1-16-3-10-21(14-23(16)27)30-25(31)12-7-19-15-28-24-11-6-18(13-22(24)26(19)30)17-4-8-20(9-5-17)29-34(2,32)33/h3-15,29H,27H2,1-2H3. The molecule has 7 nitrogen and oxygen atoms in total. The zero-order chi connectivity index (χ0) is 24.0. The molecule has 0 aliphatic carbocycles. The lowest BCUT2D eigenvalue weighted by Crippen LogP contribution is -2.18. The lowest BCUT2D eigenvalue weighted by molar-refractivity contribution is 0.607. The van der Waals surface area contributed by atoms with Crippen molar-refractivity contribution in [1.82, 2.24) is 9.55 Å². The van der Waals surface area contributed by atoms with Crippen molar-refractivity contribution in [2.75, 3.05) is 16.7 Å². The lowest BCUT2D eigenvalue weighted by atomic mass is 10.0. The number of anilines is 2. The van der Waals surface area contributed by atoms with E-state index in [0.717, 1.165) is 44.8 Å². The maximum Gasteiger partial charge on any atom is 0.255 e. The quantitative estimate of drug-likeness (QED) is 0.298. The predicted molar refractivity (Wildman–Crippen MR) is 138 cm³/mol. The van der Waals surface area contributed by atoms with Gasteiger partial charge in [0.2, 0.25) is 10.0 Å². The van der Waals surface area contributed by atoms with Crippen molar-refractivity contribution in [1.29, 1.82) is 0 Å². The molecule has 0 atom stereocenters. The highest BCUT2D eigenvalue weighted by atomic mass is 32.2. The average molecular weight is 471 g/mol. The summed E-state index contributed by atoms with van der Waals surface area (Å²) >= 11 is 0. The molecule has 2 aromatic heterocycles. The molecule has 0 saturated carbocycles. The summed E-state index contributed by atoms with van der Waals surface area (Å²) in [7, 11) is -3.35. The summed E-state index contributed by atoms with van der Waals surface area (Å²) < 4.78 is 27.1. The zero-order valence-electron chi connectivity index (χ0n) is 18.6. The van der Waals surface area contributed by atoms with Crippen LogP contribution in [0.25, 0.3) is 38.6 Å². The van der Waals surface area contributed by atoms with E-state index in [1.54, 1.807) is 35.0 Å². The number of nitrogens with two attached hydrogens (primary N) is 1. The molecule has 5 aromatic rings. The highest BCUT2D eigenvalue weighted by Gasteiger charge is 2.12. The van der Waals surface area contributed by atoms with Gasteiger partial charge in [0.1, 0.15) is 0 Å². The Morgan fingerprint density at radius 3 is 2.35 bits per heavy atom. The zero-order valence-corrected chi connectivity index (χ0v) is 19.4. The van der Waals surface area contributed by atoms with Crippen LogP contribution in [0.5, 0.6) is 0 Å². The maximum atomic E-state index is 13.0. The number of nitrogen functional groups attached to an aromatic ring is 1. The fourth-order valence-electron chi connectivity index (χ4n) is 4.06. The van der Waals surface area contributed by atoms with E-state index < -0.39 is 10.0 Å². The number of benzene rings is 3. The lowest BCUT2D eigenvalue weighted by Gasteiger charge is -2.14. The van der Waals surface area contributed by atoms with Gasteiger partial charge in [0.15, 0.2) is 0 Å². The molecular formula is C26H22N4O3S. The highest BCUT2D eigenvalue weighted by Crippen LogP contribution is 2.30. The van der Waals surface area contributed by atoms with Gasteiger partial charge in [-0.1, -0.05) is 24.3 Å². The number of hydrogen-bond donors (Lipinski definition) is 2. The number of fused-ring (bicyclic) bond motifs is 3. The van der Waals surface area contributed by atoms with Crippen LogP contribution in [0, 0.1) is 6.92 Å². The first kappa shape index (κ1) is 21.7. The van der Waals surface area contributed by atoms with Crippen LogP contribution in [0.1, 0.15) is 5.56 Å². The Bertz CT molecular complexity index is 1740. The molecule has 0 aliphatic heterocycles. The van der Waals surface area contributed by atoms with Crippen molar-refractivity contribution in [3.05, 3.63) is 94.9 Å². The topological polar surface area (TPSA) is 107 Å². The van der Waals surface area contributed by atoms with Crippen molar-refractivity contribution in [2.24, 2.45) is 0 Å². The van der Waals surface area contributed by atoms with Gasteiger partial charge in [-0.2, -0.15) is 0 Å². The Labute approximate surface area is 196 Å². The van der Waals surface area contributed by atoms with Gasteiger partial charge in [0.25, 0.3) is 5.56 Å². The van der Waals surface area contributed by atoms with Crippen molar-refractivity contribution >= 4 is 43.2 Å². The minimum absolute atomic E-state index is 0.162. The molecule has 0 bridgehead atoms. The van der Waals surface area contributed by atoms with Gasteiger partial charge in [0.05, 0.1) is 23.0 Å². The third-order valence-corrected chi connectivity index (χ3v) is 6.37. The normalized spacial score (nSPS) is 11.7. The van der Waals surface area contributed by atoms with Gasteiger partial charge in [0, 0.05) is 34.4 Å². The predicted octanol–water partition coefficient (Wildman–Crippen LogP) is 4.47.